The van der Waals surface area contributed by atoms with Gasteiger partial charge in [-0.3, -0.25) is 4.57 Å². The maximum absolute atomic E-state index is 9.43. The number of rotatable bonds is 5. The van der Waals surface area contributed by atoms with Crippen LogP contribution in [0, 0.1) is 0 Å². The van der Waals surface area contributed by atoms with Crippen molar-refractivity contribution in [3.8, 4) is 34.2 Å². The van der Waals surface area contributed by atoms with Crippen molar-refractivity contribution in [2.24, 2.45) is 0 Å². The van der Waals surface area contributed by atoms with Gasteiger partial charge in [-0.25, -0.2) is 19.9 Å². The molecule has 32 heavy (non-hydrogen) atoms. The predicted octanol–water partition coefficient (Wildman–Crippen LogP) is 3.63. The average Bonchev–Trinajstić information content (AvgIpc) is 3.23. The van der Waals surface area contributed by atoms with E-state index in [1.165, 1.54) is 0 Å². The van der Waals surface area contributed by atoms with Gasteiger partial charge in [0, 0.05) is 29.7 Å². The molecule has 8 heteroatoms. The number of aliphatic hydroxyl groups is 1. The summed E-state index contributed by atoms with van der Waals surface area (Å²) < 4.78 is 7.21. The third-order valence-electron chi connectivity index (χ3n) is 5.20. The highest BCUT2D eigenvalue weighted by molar-refractivity contribution is 5.84. The summed E-state index contributed by atoms with van der Waals surface area (Å²) in [7, 11) is 1.58. The highest BCUT2D eigenvalue weighted by atomic mass is 16.5. The SMILES string of the molecule is COc1cc(-c2ccc3nc(-c4cccnc4N)n(-c4ccc(CO)cc4)c3n2)ccn1. The van der Waals surface area contributed by atoms with Crippen molar-refractivity contribution in [1.82, 2.24) is 24.5 Å². The molecule has 0 amide bonds. The number of hydrogen-bond donors (Lipinski definition) is 2. The number of nitrogens with zero attached hydrogens (tertiary/aromatic N) is 5. The zero-order valence-electron chi connectivity index (χ0n) is 17.3. The van der Waals surface area contributed by atoms with Crippen molar-refractivity contribution >= 4 is 17.0 Å². The Labute approximate surface area is 184 Å². The summed E-state index contributed by atoms with van der Waals surface area (Å²) >= 11 is 0. The van der Waals surface area contributed by atoms with Crippen molar-refractivity contribution in [2.45, 2.75) is 6.61 Å². The number of anilines is 1. The first-order valence-electron chi connectivity index (χ1n) is 9.99. The molecular formula is C24H20N6O2. The van der Waals surface area contributed by atoms with E-state index in [9.17, 15) is 5.11 Å². The summed E-state index contributed by atoms with van der Waals surface area (Å²) in [6, 6.07) is 18.9. The Morgan fingerprint density at radius 1 is 0.969 bits per heavy atom. The molecule has 3 N–H and O–H groups in total. The molecule has 4 aromatic heterocycles. The Bertz CT molecular complexity index is 1410. The average molecular weight is 424 g/mol. The van der Waals surface area contributed by atoms with Crippen LogP contribution in [-0.4, -0.2) is 36.7 Å². The third kappa shape index (κ3) is 3.42. The van der Waals surface area contributed by atoms with Crippen LogP contribution in [0.1, 0.15) is 5.56 Å². The fourth-order valence-electron chi connectivity index (χ4n) is 3.58. The van der Waals surface area contributed by atoms with Crippen LogP contribution in [0.3, 0.4) is 0 Å². The Morgan fingerprint density at radius 3 is 2.56 bits per heavy atom. The minimum absolute atomic E-state index is 0.0281. The lowest BCUT2D eigenvalue weighted by atomic mass is 10.1. The molecule has 0 radical (unpaired) electrons. The molecule has 0 saturated carbocycles. The molecule has 0 aliphatic rings. The molecule has 4 heterocycles. The Morgan fingerprint density at radius 2 is 1.81 bits per heavy atom. The first kappa shape index (κ1) is 19.7. The second kappa shape index (κ2) is 8.09. The van der Waals surface area contributed by atoms with E-state index in [-0.39, 0.29) is 6.61 Å². The fourth-order valence-corrected chi connectivity index (χ4v) is 3.58. The zero-order chi connectivity index (χ0) is 22.1. The van der Waals surface area contributed by atoms with Gasteiger partial charge >= 0.3 is 0 Å². The quantitative estimate of drug-likeness (QED) is 0.443. The molecule has 0 aliphatic carbocycles. The lowest BCUT2D eigenvalue weighted by Gasteiger charge is -2.11. The predicted molar refractivity (Wildman–Crippen MR) is 122 cm³/mol. The fraction of sp³-hybridized carbons (Fsp3) is 0.0833. The molecule has 158 valence electrons. The smallest absolute Gasteiger partial charge is 0.213 e. The number of ether oxygens (including phenoxy) is 1. The molecule has 5 aromatic rings. The van der Waals surface area contributed by atoms with Gasteiger partial charge in [-0.05, 0) is 48.0 Å². The Balaban J connectivity index is 1.77. The number of imidazole rings is 1. The van der Waals surface area contributed by atoms with Crippen LogP contribution in [0.25, 0.3) is 39.5 Å². The number of aliphatic hydroxyl groups excluding tert-OH is 1. The summed E-state index contributed by atoms with van der Waals surface area (Å²) in [5.41, 5.74) is 11.6. The van der Waals surface area contributed by atoms with Crippen LogP contribution in [-0.2, 0) is 6.61 Å². The summed E-state index contributed by atoms with van der Waals surface area (Å²) in [6.45, 7) is -0.0281. The minimum atomic E-state index is -0.0281. The second-order valence-corrected chi connectivity index (χ2v) is 7.16. The van der Waals surface area contributed by atoms with Crippen LogP contribution in [0.2, 0.25) is 0 Å². The molecule has 5 rings (SSSR count). The second-order valence-electron chi connectivity index (χ2n) is 7.16. The Kier molecular flexibility index (Phi) is 4.97. The summed E-state index contributed by atoms with van der Waals surface area (Å²) in [5, 5.41) is 9.43. The maximum atomic E-state index is 9.43. The topological polar surface area (TPSA) is 112 Å². The van der Waals surface area contributed by atoms with Crippen LogP contribution in [0.5, 0.6) is 5.88 Å². The monoisotopic (exact) mass is 424 g/mol. The highest BCUT2D eigenvalue weighted by Gasteiger charge is 2.18. The first-order chi connectivity index (χ1) is 15.7. The van der Waals surface area contributed by atoms with Crippen molar-refractivity contribution in [3.63, 3.8) is 0 Å². The number of methoxy groups -OCH3 is 1. The van der Waals surface area contributed by atoms with Gasteiger partial charge in [0.25, 0.3) is 0 Å². The van der Waals surface area contributed by atoms with Gasteiger partial charge in [-0.15, -0.1) is 0 Å². The van der Waals surface area contributed by atoms with E-state index in [2.05, 4.69) is 9.97 Å². The Hall–Kier alpha value is -4.30. The number of nitrogens with two attached hydrogens (primary N) is 1. The van der Waals surface area contributed by atoms with Gasteiger partial charge in [0.15, 0.2) is 11.5 Å². The van der Waals surface area contributed by atoms with Gasteiger partial charge < -0.3 is 15.6 Å². The number of nitrogen functional groups attached to an aromatic ring is 1. The standard InChI is InChI=1S/C24H20N6O2/c1-32-21-13-16(10-12-26-21)19-8-9-20-24(28-19)30(17-6-4-15(14-31)5-7-17)23(29-20)18-3-2-11-27-22(18)25/h2-13,31H,14H2,1H3,(H2,25,27). The van der Waals surface area contributed by atoms with Crippen molar-refractivity contribution in [2.75, 3.05) is 12.8 Å². The van der Waals surface area contributed by atoms with Crippen molar-refractivity contribution in [1.29, 1.82) is 0 Å². The maximum Gasteiger partial charge on any atom is 0.213 e. The first-order valence-corrected chi connectivity index (χ1v) is 9.99. The van der Waals surface area contributed by atoms with E-state index in [0.29, 0.717) is 28.7 Å². The van der Waals surface area contributed by atoms with E-state index < -0.39 is 0 Å². The van der Waals surface area contributed by atoms with Crippen LogP contribution in [0.4, 0.5) is 5.82 Å². The van der Waals surface area contributed by atoms with Gasteiger partial charge in [0.2, 0.25) is 5.88 Å². The number of fused-ring (bicyclic) bond motifs is 1. The highest BCUT2D eigenvalue weighted by Crippen LogP contribution is 2.32. The van der Waals surface area contributed by atoms with E-state index in [1.807, 2.05) is 65.2 Å². The van der Waals surface area contributed by atoms with Gasteiger partial charge in [0.1, 0.15) is 11.3 Å². The lowest BCUT2D eigenvalue weighted by molar-refractivity contribution is 0.282. The van der Waals surface area contributed by atoms with Crippen LogP contribution in [0.15, 0.2) is 73.1 Å². The summed E-state index contributed by atoms with van der Waals surface area (Å²) in [5.74, 6) is 1.54. The van der Waals surface area contributed by atoms with Crippen LogP contribution < -0.4 is 10.5 Å². The molecule has 0 saturated heterocycles. The van der Waals surface area contributed by atoms with E-state index in [1.54, 1.807) is 19.5 Å². The molecular weight excluding hydrogens is 404 g/mol. The van der Waals surface area contributed by atoms with Crippen LogP contribution >= 0.6 is 0 Å². The molecule has 0 unspecified atom stereocenters. The number of aromatic nitrogens is 5. The van der Waals surface area contributed by atoms with Gasteiger partial charge in [-0.2, -0.15) is 0 Å². The largest absolute Gasteiger partial charge is 0.481 e. The summed E-state index contributed by atoms with van der Waals surface area (Å²) in [6.07, 6.45) is 3.34. The molecule has 8 nitrogen and oxygen atoms in total. The van der Waals surface area contributed by atoms with Crippen molar-refractivity contribution in [3.05, 3.63) is 78.6 Å². The molecule has 0 bridgehead atoms. The molecule has 0 spiro atoms. The number of hydrogen-bond acceptors (Lipinski definition) is 7. The molecule has 0 fully saturated rings. The molecule has 0 atom stereocenters. The zero-order valence-corrected chi connectivity index (χ0v) is 17.3. The lowest BCUT2D eigenvalue weighted by Crippen LogP contribution is -2.02. The molecule has 0 aliphatic heterocycles. The van der Waals surface area contributed by atoms with Gasteiger partial charge in [-0.1, -0.05) is 12.1 Å². The van der Waals surface area contributed by atoms with Crippen molar-refractivity contribution < 1.29 is 9.84 Å². The normalized spacial score (nSPS) is 11.1. The number of pyridine rings is 3. The van der Waals surface area contributed by atoms with E-state index in [0.717, 1.165) is 28.0 Å². The number of benzene rings is 1. The third-order valence-corrected chi connectivity index (χ3v) is 5.20. The van der Waals surface area contributed by atoms with E-state index >= 15 is 0 Å². The summed E-state index contributed by atoms with van der Waals surface area (Å²) in [4.78, 5) is 18.1. The molecule has 1 aromatic carbocycles. The minimum Gasteiger partial charge on any atom is -0.481 e. The van der Waals surface area contributed by atoms with Gasteiger partial charge in [0.05, 0.1) is 25.0 Å². The van der Waals surface area contributed by atoms with E-state index in [4.69, 9.17) is 20.4 Å².